The van der Waals surface area contributed by atoms with Gasteiger partial charge in [-0.3, -0.25) is 4.55 Å². The zero-order valence-electron chi connectivity index (χ0n) is 38.5. The third-order valence-electron chi connectivity index (χ3n) is 11.5. The number of aromatic nitrogens is 3. The van der Waals surface area contributed by atoms with Gasteiger partial charge in [-0.05, 0) is 87.8 Å². The smallest absolute Gasteiger partial charge is 0.425 e. The number of carbonyl (C=O) groups excluding carboxylic acids is 1. The maximum atomic E-state index is 12.8. The van der Waals surface area contributed by atoms with Gasteiger partial charge in [0.25, 0.3) is 0 Å². The van der Waals surface area contributed by atoms with Gasteiger partial charge < -0.3 is 19.4 Å². The number of rotatable bonds is 18. The number of pyridine rings is 1. The van der Waals surface area contributed by atoms with Gasteiger partial charge in [-0.25, -0.2) is 14.8 Å². The van der Waals surface area contributed by atoms with E-state index in [4.69, 9.17) is 19.4 Å². The zero-order valence-corrected chi connectivity index (χ0v) is 39.3. The van der Waals surface area contributed by atoms with Crippen LogP contribution in [0.3, 0.4) is 0 Å². The van der Waals surface area contributed by atoms with Gasteiger partial charge in [0.05, 0.1) is 23.2 Å². The van der Waals surface area contributed by atoms with Crippen molar-refractivity contribution in [3.05, 3.63) is 173 Å². The van der Waals surface area contributed by atoms with Crippen molar-refractivity contribution >= 4 is 44.2 Å². The number of nitrogens with zero attached hydrogens (tertiary/aromatic N) is 4. The minimum atomic E-state index is -4.87. The molecule has 1 atom stereocenters. The molecule has 7 aromatic rings. The summed E-state index contributed by atoms with van der Waals surface area (Å²) in [7, 11) is -4.87. The second-order valence-corrected chi connectivity index (χ2v) is 19.7. The van der Waals surface area contributed by atoms with E-state index >= 15 is 0 Å². The van der Waals surface area contributed by atoms with Crippen molar-refractivity contribution in [2.45, 2.75) is 103 Å². The number of imidazole rings is 1. The van der Waals surface area contributed by atoms with Gasteiger partial charge >= 0.3 is 16.4 Å². The molecule has 11 nitrogen and oxygen atoms in total. The van der Waals surface area contributed by atoms with E-state index in [2.05, 4.69) is 139 Å². The fourth-order valence-corrected chi connectivity index (χ4v) is 9.22. The number of anilines is 1. The Labute approximate surface area is 383 Å². The molecule has 0 spiro atoms. The summed E-state index contributed by atoms with van der Waals surface area (Å²) >= 11 is 0. The molecule has 7 rings (SSSR count). The topological polar surface area (TPSA) is 136 Å². The Hall–Kier alpha value is -6.08. The van der Waals surface area contributed by atoms with Crippen LogP contribution in [0, 0.1) is 0 Å². The highest BCUT2D eigenvalue weighted by molar-refractivity contribution is 7.83. The average Bonchev–Trinajstić information content (AvgIpc) is 3.64. The van der Waals surface area contributed by atoms with Gasteiger partial charge in [-0.1, -0.05) is 154 Å². The van der Waals surface area contributed by atoms with E-state index in [1.807, 2.05) is 38.1 Å². The summed E-state index contributed by atoms with van der Waals surface area (Å²) in [6.07, 6.45) is 1.57. The molecular weight excluding hydrogens is 835 g/mol. The summed E-state index contributed by atoms with van der Waals surface area (Å²) in [5, 5.41) is 5.03. The molecule has 0 bridgehead atoms. The largest absolute Gasteiger partial charge is 0.443 e. The fraction of sp³-hybridized carbons (Fsp3) is 0.340. The number of hydrogen-bond acceptors (Lipinski definition) is 8. The van der Waals surface area contributed by atoms with E-state index in [1.165, 1.54) is 5.56 Å². The first-order valence-corrected chi connectivity index (χ1v) is 23.8. The first-order valence-electron chi connectivity index (χ1n) is 22.4. The van der Waals surface area contributed by atoms with Crippen LogP contribution in [0.4, 0.5) is 10.6 Å². The van der Waals surface area contributed by atoms with Crippen LogP contribution in [0.1, 0.15) is 107 Å². The number of fused-ring (bicyclic) bond motifs is 3. The highest BCUT2D eigenvalue weighted by Gasteiger charge is 2.38. The highest BCUT2D eigenvalue weighted by Crippen LogP contribution is 2.43. The number of amides is 1. The molecule has 12 heteroatoms. The SMILES string of the molecule is CCCC(C)c1nc2c(NC(c3ccccc3)(c3ccccc3)c3ccccc3)nc3cc(Cc4ccccc4)ccc3c2n1CC(C)(C)OCCCN(C(=O)OC(C)(C)C)S(=O)(=O)O. The number of nitrogens with one attached hydrogen (secondary N) is 1. The lowest BCUT2D eigenvalue weighted by Gasteiger charge is -2.37. The van der Waals surface area contributed by atoms with Crippen LogP contribution < -0.4 is 5.32 Å². The summed E-state index contributed by atoms with van der Waals surface area (Å²) < 4.78 is 48.8. The van der Waals surface area contributed by atoms with Crippen LogP contribution in [-0.4, -0.2) is 62.3 Å². The third kappa shape index (κ3) is 10.9. The Bertz CT molecular complexity index is 2710. The summed E-state index contributed by atoms with van der Waals surface area (Å²) in [5.74, 6) is 1.61. The van der Waals surface area contributed by atoms with Crippen molar-refractivity contribution in [2.75, 3.05) is 18.5 Å². The molecule has 0 saturated heterocycles. The predicted molar refractivity (Wildman–Crippen MR) is 260 cm³/mol. The quantitative estimate of drug-likeness (QED) is 0.0490. The van der Waals surface area contributed by atoms with Crippen LogP contribution in [-0.2, 0) is 38.3 Å². The summed E-state index contributed by atoms with van der Waals surface area (Å²) in [6, 6.07) is 48.3. The average molecular weight is 896 g/mol. The monoisotopic (exact) mass is 895 g/mol. The first kappa shape index (κ1) is 46.9. The lowest BCUT2D eigenvalue weighted by Crippen LogP contribution is -2.41. The van der Waals surface area contributed by atoms with E-state index in [0.717, 1.165) is 69.3 Å². The van der Waals surface area contributed by atoms with Crippen LogP contribution in [0.2, 0.25) is 0 Å². The van der Waals surface area contributed by atoms with Gasteiger partial charge in [-0.15, -0.1) is 0 Å². The standard InChI is InChI=1S/C53H61N5O6S/c1-8-22-38(2)49-55-46-47(57(49)37-52(6,7)63-34-21-33-58(65(60,61)62)50(59)64-51(3,4)5)44-32-31-40(35-39-23-13-9-14-24-39)36-45(44)54-48(46)56-53(41-25-15-10-16-26-41,42-27-17-11-18-28-42)43-29-19-12-20-30-43/h9-20,23-32,36,38H,8,21-22,33-35,37H2,1-7H3,(H,54,56)(H,60,61,62). The lowest BCUT2D eigenvalue weighted by molar-refractivity contribution is -0.0316. The van der Waals surface area contributed by atoms with Gasteiger partial charge in [0.15, 0.2) is 5.82 Å². The lowest BCUT2D eigenvalue weighted by atomic mass is 9.77. The summed E-state index contributed by atoms with van der Waals surface area (Å²) in [5.41, 5.74) is 5.28. The normalized spacial score (nSPS) is 12.9. The second kappa shape index (κ2) is 19.6. The molecule has 0 saturated carbocycles. The van der Waals surface area contributed by atoms with Crippen molar-refractivity contribution in [1.82, 2.24) is 18.8 Å². The predicted octanol–water partition coefficient (Wildman–Crippen LogP) is 11.7. The van der Waals surface area contributed by atoms with Crippen molar-refractivity contribution in [3.63, 3.8) is 0 Å². The molecule has 65 heavy (non-hydrogen) atoms. The Kier molecular flexibility index (Phi) is 14.1. The molecule has 2 heterocycles. The van der Waals surface area contributed by atoms with Crippen molar-refractivity contribution in [1.29, 1.82) is 0 Å². The summed E-state index contributed by atoms with van der Waals surface area (Å²) in [4.78, 5) is 23.8. The van der Waals surface area contributed by atoms with E-state index < -0.39 is 33.1 Å². The van der Waals surface area contributed by atoms with Gasteiger partial charge in [0.2, 0.25) is 0 Å². The Morgan fingerprint density at radius 2 is 1.34 bits per heavy atom. The maximum absolute atomic E-state index is 12.8. The van der Waals surface area contributed by atoms with Crippen molar-refractivity contribution in [3.8, 4) is 0 Å². The molecule has 2 aromatic heterocycles. The van der Waals surface area contributed by atoms with Crippen LogP contribution in [0.25, 0.3) is 21.9 Å². The van der Waals surface area contributed by atoms with Gasteiger partial charge in [0.1, 0.15) is 22.5 Å². The van der Waals surface area contributed by atoms with E-state index in [-0.39, 0.29) is 25.5 Å². The maximum Gasteiger partial charge on any atom is 0.425 e. The molecule has 2 N–H and O–H groups in total. The molecule has 0 aliphatic heterocycles. The Balaban J connectivity index is 1.38. The van der Waals surface area contributed by atoms with Crippen molar-refractivity contribution in [2.24, 2.45) is 0 Å². The summed E-state index contributed by atoms with van der Waals surface area (Å²) in [6.45, 7) is 13.4. The van der Waals surface area contributed by atoms with Gasteiger partial charge in [-0.2, -0.15) is 12.7 Å². The zero-order chi connectivity index (χ0) is 46.4. The molecule has 0 aliphatic rings. The van der Waals surface area contributed by atoms with E-state index in [0.29, 0.717) is 16.7 Å². The fourth-order valence-electron chi connectivity index (χ4n) is 8.63. The number of benzene rings is 5. The van der Waals surface area contributed by atoms with Crippen LogP contribution >= 0.6 is 0 Å². The van der Waals surface area contributed by atoms with Crippen LogP contribution in [0.5, 0.6) is 0 Å². The third-order valence-corrected chi connectivity index (χ3v) is 12.4. The van der Waals surface area contributed by atoms with Crippen molar-refractivity contribution < 1.29 is 27.2 Å². The minimum absolute atomic E-state index is 0.0720. The van der Waals surface area contributed by atoms with E-state index in [9.17, 15) is 17.8 Å². The minimum Gasteiger partial charge on any atom is -0.443 e. The Morgan fingerprint density at radius 1 is 0.785 bits per heavy atom. The molecule has 1 unspecified atom stereocenters. The number of carbonyl (C=O) groups is 1. The number of ether oxygens (including phenoxy) is 2. The molecule has 5 aromatic carbocycles. The number of hydrogen-bond donors (Lipinski definition) is 2. The Morgan fingerprint density at radius 3 is 1.86 bits per heavy atom. The molecule has 0 aliphatic carbocycles. The molecule has 0 fully saturated rings. The molecule has 1 amide bonds. The second-order valence-electron chi connectivity index (χ2n) is 18.4. The first-order chi connectivity index (χ1) is 31.0. The molecule has 340 valence electrons. The van der Waals surface area contributed by atoms with Gasteiger partial charge in [0, 0.05) is 24.5 Å². The van der Waals surface area contributed by atoms with Crippen LogP contribution in [0.15, 0.2) is 140 Å². The highest BCUT2D eigenvalue weighted by atomic mass is 32.2. The molecular formula is C53H61N5O6S. The molecule has 0 radical (unpaired) electrons. The van der Waals surface area contributed by atoms with E-state index in [1.54, 1.807) is 20.8 Å².